The predicted octanol–water partition coefficient (Wildman–Crippen LogP) is 1.61. The maximum absolute atomic E-state index is 5.94. The Bertz CT molecular complexity index is 404. The van der Waals surface area contributed by atoms with Gasteiger partial charge in [0, 0.05) is 24.4 Å². The zero-order chi connectivity index (χ0) is 10.2. The average Bonchev–Trinajstić information content (AvgIpc) is 2.42. The lowest BCUT2D eigenvalue weighted by atomic mass is 10.0. The molecule has 0 saturated carbocycles. The number of rotatable bonds is 2. The van der Waals surface area contributed by atoms with Crippen molar-refractivity contribution in [3.63, 3.8) is 0 Å². The first-order valence-electron chi connectivity index (χ1n) is 4.76. The fourth-order valence-electron chi connectivity index (χ4n) is 1.54. The van der Waals surface area contributed by atoms with Crippen LogP contribution < -0.4 is 5.73 Å². The molecule has 0 aromatic carbocycles. The standard InChI is InChI=1S/C11H15N3/c1-11(2,12)7-9-8-14-6-4-3-5-10(14)13-9/h3-6,8H,7,12H2,1-2H3. The zero-order valence-electron chi connectivity index (χ0n) is 8.57. The summed E-state index contributed by atoms with van der Waals surface area (Å²) in [5, 5.41) is 0. The average molecular weight is 189 g/mol. The van der Waals surface area contributed by atoms with Crippen molar-refractivity contribution >= 4 is 5.65 Å². The first-order valence-corrected chi connectivity index (χ1v) is 4.76. The quantitative estimate of drug-likeness (QED) is 0.780. The lowest BCUT2D eigenvalue weighted by Gasteiger charge is -2.15. The number of aromatic nitrogens is 2. The molecule has 0 bridgehead atoms. The number of fused-ring (bicyclic) bond motifs is 1. The van der Waals surface area contributed by atoms with Gasteiger partial charge >= 0.3 is 0 Å². The van der Waals surface area contributed by atoms with Gasteiger partial charge in [0.15, 0.2) is 0 Å². The van der Waals surface area contributed by atoms with Crippen molar-refractivity contribution in [3.05, 3.63) is 36.3 Å². The summed E-state index contributed by atoms with van der Waals surface area (Å²) in [4.78, 5) is 4.48. The molecule has 3 heteroatoms. The third-order valence-electron chi connectivity index (χ3n) is 2.05. The summed E-state index contributed by atoms with van der Waals surface area (Å²) in [6.45, 7) is 4.02. The van der Waals surface area contributed by atoms with Crippen LogP contribution >= 0.6 is 0 Å². The molecular formula is C11H15N3. The molecule has 74 valence electrons. The molecule has 14 heavy (non-hydrogen) atoms. The van der Waals surface area contributed by atoms with Crippen molar-refractivity contribution in [1.82, 2.24) is 9.38 Å². The van der Waals surface area contributed by atoms with Crippen LogP contribution in [0.25, 0.3) is 5.65 Å². The Labute approximate surface area is 83.6 Å². The van der Waals surface area contributed by atoms with E-state index in [0.29, 0.717) is 0 Å². The summed E-state index contributed by atoms with van der Waals surface area (Å²) < 4.78 is 2.01. The van der Waals surface area contributed by atoms with E-state index in [1.165, 1.54) is 0 Å². The van der Waals surface area contributed by atoms with Crippen LogP contribution in [-0.4, -0.2) is 14.9 Å². The summed E-state index contributed by atoms with van der Waals surface area (Å²) in [7, 11) is 0. The van der Waals surface area contributed by atoms with Gasteiger partial charge in [0.2, 0.25) is 0 Å². The van der Waals surface area contributed by atoms with Crippen LogP contribution in [-0.2, 0) is 6.42 Å². The van der Waals surface area contributed by atoms with Crippen molar-refractivity contribution in [3.8, 4) is 0 Å². The third kappa shape index (κ3) is 1.93. The molecule has 0 aliphatic carbocycles. The Kier molecular flexibility index (Phi) is 2.04. The van der Waals surface area contributed by atoms with Gasteiger partial charge in [-0.2, -0.15) is 0 Å². The van der Waals surface area contributed by atoms with Crippen LogP contribution in [0.3, 0.4) is 0 Å². The normalized spacial score (nSPS) is 12.2. The Hall–Kier alpha value is -1.35. The van der Waals surface area contributed by atoms with Crippen molar-refractivity contribution in [1.29, 1.82) is 0 Å². The summed E-state index contributed by atoms with van der Waals surface area (Å²) in [5.74, 6) is 0. The van der Waals surface area contributed by atoms with E-state index < -0.39 is 0 Å². The van der Waals surface area contributed by atoms with Crippen LogP contribution in [0, 0.1) is 0 Å². The summed E-state index contributed by atoms with van der Waals surface area (Å²) >= 11 is 0. The molecule has 0 spiro atoms. The van der Waals surface area contributed by atoms with Gasteiger partial charge in [-0.15, -0.1) is 0 Å². The van der Waals surface area contributed by atoms with E-state index >= 15 is 0 Å². The highest BCUT2D eigenvalue weighted by atomic mass is 15.0. The second-order valence-corrected chi connectivity index (χ2v) is 4.36. The molecule has 0 aliphatic heterocycles. The highest BCUT2D eigenvalue weighted by Gasteiger charge is 2.13. The SMILES string of the molecule is CC(C)(N)Cc1cn2ccccc2n1. The van der Waals surface area contributed by atoms with Gasteiger partial charge < -0.3 is 10.1 Å². The molecule has 2 rings (SSSR count). The van der Waals surface area contributed by atoms with E-state index in [2.05, 4.69) is 4.98 Å². The van der Waals surface area contributed by atoms with E-state index in [4.69, 9.17) is 5.73 Å². The molecule has 2 aromatic heterocycles. The molecule has 0 unspecified atom stereocenters. The van der Waals surface area contributed by atoms with Gasteiger partial charge in [-0.25, -0.2) is 4.98 Å². The maximum Gasteiger partial charge on any atom is 0.136 e. The van der Waals surface area contributed by atoms with Gasteiger partial charge in [0.1, 0.15) is 5.65 Å². The zero-order valence-corrected chi connectivity index (χ0v) is 8.57. The van der Waals surface area contributed by atoms with E-state index in [9.17, 15) is 0 Å². The number of hydrogen-bond donors (Lipinski definition) is 1. The molecule has 3 nitrogen and oxygen atoms in total. The van der Waals surface area contributed by atoms with Crippen LogP contribution in [0.4, 0.5) is 0 Å². The lowest BCUT2D eigenvalue weighted by Crippen LogP contribution is -2.34. The van der Waals surface area contributed by atoms with Gasteiger partial charge in [-0.3, -0.25) is 0 Å². The number of hydrogen-bond acceptors (Lipinski definition) is 2. The van der Waals surface area contributed by atoms with Crippen molar-refractivity contribution in [2.45, 2.75) is 25.8 Å². The van der Waals surface area contributed by atoms with E-state index in [1.807, 2.05) is 48.8 Å². The van der Waals surface area contributed by atoms with Crippen LogP contribution in [0.2, 0.25) is 0 Å². The smallest absolute Gasteiger partial charge is 0.136 e. The number of nitrogens with two attached hydrogens (primary N) is 1. The largest absolute Gasteiger partial charge is 0.325 e. The second-order valence-electron chi connectivity index (χ2n) is 4.36. The Morgan fingerprint density at radius 1 is 1.43 bits per heavy atom. The second kappa shape index (κ2) is 3.10. The molecule has 2 aromatic rings. The van der Waals surface area contributed by atoms with Gasteiger partial charge in [0.25, 0.3) is 0 Å². The minimum absolute atomic E-state index is 0.196. The van der Waals surface area contributed by atoms with Gasteiger partial charge in [-0.05, 0) is 26.0 Å². The Balaban J connectivity index is 2.36. The summed E-state index contributed by atoms with van der Waals surface area (Å²) in [6, 6.07) is 5.97. The van der Waals surface area contributed by atoms with E-state index in [0.717, 1.165) is 17.8 Å². The number of pyridine rings is 1. The summed E-state index contributed by atoms with van der Waals surface area (Å²) in [5.41, 5.74) is 7.77. The highest BCUT2D eigenvalue weighted by Crippen LogP contribution is 2.10. The molecule has 2 heterocycles. The molecule has 0 saturated heterocycles. The predicted molar refractivity (Wildman–Crippen MR) is 57.2 cm³/mol. The molecule has 0 atom stereocenters. The molecule has 0 fully saturated rings. The van der Waals surface area contributed by atoms with Gasteiger partial charge in [-0.1, -0.05) is 6.07 Å². The molecule has 0 amide bonds. The van der Waals surface area contributed by atoms with Crippen molar-refractivity contribution < 1.29 is 0 Å². The number of nitrogens with zero attached hydrogens (tertiary/aromatic N) is 2. The third-order valence-corrected chi connectivity index (χ3v) is 2.05. The first-order chi connectivity index (χ1) is 6.54. The van der Waals surface area contributed by atoms with Crippen LogP contribution in [0.15, 0.2) is 30.6 Å². The van der Waals surface area contributed by atoms with Crippen molar-refractivity contribution in [2.24, 2.45) is 5.73 Å². The highest BCUT2D eigenvalue weighted by molar-refractivity contribution is 5.39. The minimum Gasteiger partial charge on any atom is -0.325 e. The van der Waals surface area contributed by atoms with Crippen LogP contribution in [0.5, 0.6) is 0 Å². The molecule has 2 N–H and O–H groups in total. The van der Waals surface area contributed by atoms with Gasteiger partial charge in [0.05, 0.1) is 5.69 Å². The topological polar surface area (TPSA) is 43.3 Å². The molecular weight excluding hydrogens is 174 g/mol. The Morgan fingerprint density at radius 2 is 2.21 bits per heavy atom. The molecule has 0 radical (unpaired) electrons. The minimum atomic E-state index is -0.196. The first kappa shape index (κ1) is 9.21. The summed E-state index contributed by atoms with van der Waals surface area (Å²) in [6.07, 6.45) is 4.83. The fourth-order valence-corrected chi connectivity index (χ4v) is 1.54. The monoisotopic (exact) mass is 189 g/mol. The van der Waals surface area contributed by atoms with E-state index in [-0.39, 0.29) is 5.54 Å². The maximum atomic E-state index is 5.94. The lowest BCUT2D eigenvalue weighted by molar-refractivity contribution is 0.511. The Morgan fingerprint density at radius 3 is 2.86 bits per heavy atom. The number of imidazole rings is 1. The van der Waals surface area contributed by atoms with Crippen molar-refractivity contribution in [2.75, 3.05) is 0 Å². The molecule has 0 aliphatic rings. The van der Waals surface area contributed by atoms with E-state index in [1.54, 1.807) is 0 Å². The fraction of sp³-hybridized carbons (Fsp3) is 0.364. The van der Waals surface area contributed by atoms with Crippen LogP contribution in [0.1, 0.15) is 19.5 Å².